The molecule has 0 aliphatic heterocycles. The summed E-state index contributed by atoms with van der Waals surface area (Å²) in [5.41, 5.74) is 2.42. The van der Waals surface area contributed by atoms with E-state index in [9.17, 15) is 4.79 Å². The van der Waals surface area contributed by atoms with Crippen LogP contribution >= 0.6 is 0 Å². The van der Waals surface area contributed by atoms with Crippen LogP contribution in [0.25, 0.3) is 21.8 Å². The molecule has 1 aromatic heterocycles. The highest BCUT2D eigenvalue weighted by Gasteiger charge is 2.00. The number of H-pyrrole nitrogens is 1. The summed E-state index contributed by atoms with van der Waals surface area (Å²) >= 11 is 0. The Bertz CT molecular complexity index is 678. The standard InChI is InChI=1S/C12H9N.C5H8O2/c1-3-7-11-9(5-1)10-6-2-4-8-12(10)13-11;1-3-5(6)7-4-2/h1-8,13H;3H,1,4H2,2H3. The van der Waals surface area contributed by atoms with Crippen molar-refractivity contribution in [3.63, 3.8) is 0 Å². The number of rotatable bonds is 2. The van der Waals surface area contributed by atoms with E-state index in [0.717, 1.165) is 6.08 Å². The predicted molar refractivity (Wildman–Crippen MR) is 82.6 cm³/mol. The van der Waals surface area contributed by atoms with E-state index in [2.05, 4.69) is 64.8 Å². The molecule has 0 bridgehead atoms. The minimum Gasteiger partial charge on any atom is -0.463 e. The van der Waals surface area contributed by atoms with Gasteiger partial charge in [-0.25, -0.2) is 4.79 Å². The van der Waals surface area contributed by atoms with Crippen molar-refractivity contribution in [2.75, 3.05) is 6.61 Å². The smallest absolute Gasteiger partial charge is 0.330 e. The van der Waals surface area contributed by atoms with Gasteiger partial charge in [0.1, 0.15) is 0 Å². The summed E-state index contributed by atoms with van der Waals surface area (Å²) in [4.78, 5) is 13.4. The molecule has 0 unspecified atom stereocenters. The highest BCUT2D eigenvalue weighted by atomic mass is 16.5. The summed E-state index contributed by atoms with van der Waals surface area (Å²) in [5.74, 6) is -0.359. The molecule has 0 radical (unpaired) electrons. The van der Waals surface area contributed by atoms with E-state index in [1.54, 1.807) is 6.92 Å². The maximum atomic E-state index is 10.1. The molecule has 0 fully saturated rings. The van der Waals surface area contributed by atoms with Gasteiger partial charge in [0.15, 0.2) is 0 Å². The molecule has 102 valence electrons. The molecule has 3 aromatic rings. The third-order valence-corrected chi connectivity index (χ3v) is 2.87. The third kappa shape index (κ3) is 3.06. The fraction of sp³-hybridized carbons (Fsp3) is 0.118. The number of benzene rings is 2. The molecule has 0 aliphatic rings. The number of fused-ring (bicyclic) bond motifs is 3. The van der Waals surface area contributed by atoms with Crippen molar-refractivity contribution in [1.82, 2.24) is 4.98 Å². The van der Waals surface area contributed by atoms with Gasteiger partial charge in [0, 0.05) is 27.9 Å². The average molecular weight is 267 g/mol. The highest BCUT2D eigenvalue weighted by molar-refractivity contribution is 6.06. The Labute approximate surface area is 117 Å². The number of nitrogens with one attached hydrogen (secondary N) is 1. The van der Waals surface area contributed by atoms with Crippen LogP contribution < -0.4 is 0 Å². The van der Waals surface area contributed by atoms with Crippen LogP contribution in [0.15, 0.2) is 61.2 Å². The Morgan fingerprint density at radius 2 is 1.60 bits per heavy atom. The van der Waals surface area contributed by atoms with Gasteiger partial charge in [0.05, 0.1) is 6.61 Å². The van der Waals surface area contributed by atoms with Crippen molar-refractivity contribution in [3.05, 3.63) is 61.2 Å². The van der Waals surface area contributed by atoms with Gasteiger partial charge in [0.25, 0.3) is 0 Å². The number of aromatic nitrogens is 1. The predicted octanol–water partition coefficient (Wildman–Crippen LogP) is 4.06. The second kappa shape index (κ2) is 6.57. The van der Waals surface area contributed by atoms with Gasteiger partial charge < -0.3 is 9.72 Å². The van der Waals surface area contributed by atoms with E-state index in [4.69, 9.17) is 0 Å². The summed E-state index contributed by atoms with van der Waals surface area (Å²) in [7, 11) is 0. The Hall–Kier alpha value is -2.55. The first kappa shape index (κ1) is 13.9. The van der Waals surface area contributed by atoms with Crippen molar-refractivity contribution < 1.29 is 9.53 Å². The van der Waals surface area contributed by atoms with Gasteiger partial charge in [0.2, 0.25) is 0 Å². The van der Waals surface area contributed by atoms with Crippen LogP contribution in [0.5, 0.6) is 0 Å². The monoisotopic (exact) mass is 267 g/mol. The van der Waals surface area contributed by atoms with E-state index < -0.39 is 0 Å². The van der Waals surface area contributed by atoms with Crippen LogP contribution in [0.3, 0.4) is 0 Å². The van der Waals surface area contributed by atoms with E-state index >= 15 is 0 Å². The van der Waals surface area contributed by atoms with Gasteiger partial charge in [-0.15, -0.1) is 0 Å². The van der Waals surface area contributed by atoms with Crippen LogP contribution in [0, 0.1) is 0 Å². The molecule has 0 amide bonds. The molecular formula is C17H17NO2. The Morgan fingerprint density at radius 3 is 2.00 bits per heavy atom. The first-order chi connectivity index (χ1) is 9.76. The van der Waals surface area contributed by atoms with Crippen molar-refractivity contribution in [1.29, 1.82) is 0 Å². The normalized spacial score (nSPS) is 9.85. The topological polar surface area (TPSA) is 42.1 Å². The van der Waals surface area contributed by atoms with Crippen LogP contribution in [-0.2, 0) is 9.53 Å². The molecule has 0 saturated carbocycles. The van der Waals surface area contributed by atoms with E-state index in [1.807, 2.05) is 0 Å². The van der Waals surface area contributed by atoms with Gasteiger partial charge in [-0.3, -0.25) is 0 Å². The van der Waals surface area contributed by atoms with E-state index in [0.29, 0.717) is 6.61 Å². The molecule has 2 aromatic carbocycles. The number of ether oxygens (including phenoxy) is 1. The fourth-order valence-electron chi connectivity index (χ4n) is 2.00. The lowest BCUT2D eigenvalue weighted by Crippen LogP contribution is -1.97. The maximum absolute atomic E-state index is 10.1. The van der Waals surface area contributed by atoms with Crippen molar-refractivity contribution in [2.45, 2.75) is 6.92 Å². The summed E-state index contributed by atoms with van der Waals surface area (Å²) in [6.07, 6.45) is 1.14. The van der Waals surface area contributed by atoms with E-state index in [1.165, 1.54) is 21.8 Å². The SMILES string of the molecule is C=CC(=O)OCC.c1ccc2c(c1)[nH]c1ccccc12. The van der Waals surface area contributed by atoms with Crippen LogP contribution in [-0.4, -0.2) is 17.6 Å². The lowest BCUT2D eigenvalue weighted by Gasteiger charge is -1.90. The van der Waals surface area contributed by atoms with Gasteiger partial charge in [-0.05, 0) is 19.1 Å². The van der Waals surface area contributed by atoms with Crippen molar-refractivity contribution in [2.24, 2.45) is 0 Å². The number of esters is 1. The zero-order valence-electron chi connectivity index (χ0n) is 11.4. The van der Waals surface area contributed by atoms with Crippen LogP contribution in [0.2, 0.25) is 0 Å². The van der Waals surface area contributed by atoms with Crippen LogP contribution in [0.1, 0.15) is 6.92 Å². The number of hydrogen-bond acceptors (Lipinski definition) is 2. The second-order valence-corrected chi connectivity index (χ2v) is 4.17. The largest absolute Gasteiger partial charge is 0.463 e. The number of carbonyl (C=O) groups is 1. The number of carbonyl (C=O) groups excluding carboxylic acids is 1. The molecule has 0 saturated heterocycles. The zero-order valence-corrected chi connectivity index (χ0v) is 11.4. The van der Waals surface area contributed by atoms with Gasteiger partial charge in [-0.2, -0.15) is 0 Å². The lowest BCUT2D eigenvalue weighted by atomic mass is 10.2. The van der Waals surface area contributed by atoms with Crippen LogP contribution in [0.4, 0.5) is 0 Å². The molecule has 0 aliphatic carbocycles. The fourth-order valence-corrected chi connectivity index (χ4v) is 2.00. The lowest BCUT2D eigenvalue weighted by molar-refractivity contribution is -0.137. The molecule has 0 atom stereocenters. The van der Waals surface area contributed by atoms with Crippen molar-refractivity contribution in [3.8, 4) is 0 Å². The average Bonchev–Trinajstić information content (AvgIpc) is 2.87. The third-order valence-electron chi connectivity index (χ3n) is 2.87. The second-order valence-electron chi connectivity index (χ2n) is 4.17. The molecule has 3 rings (SSSR count). The Morgan fingerprint density at radius 1 is 1.10 bits per heavy atom. The van der Waals surface area contributed by atoms with Gasteiger partial charge >= 0.3 is 5.97 Å². The highest BCUT2D eigenvalue weighted by Crippen LogP contribution is 2.24. The first-order valence-electron chi connectivity index (χ1n) is 6.51. The number of aromatic amines is 1. The molecule has 3 heteroatoms. The molecule has 1 N–H and O–H groups in total. The first-order valence-corrected chi connectivity index (χ1v) is 6.51. The van der Waals surface area contributed by atoms with Gasteiger partial charge in [-0.1, -0.05) is 43.0 Å². The molecular weight excluding hydrogens is 250 g/mol. The quantitative estimate of drug-likeness (QED) is 0.562. The van der Waals surface area contributed by atoms with E-state index in [-0.39, 0.29) is 5.97 Å². The molecule has 1 heterocycles. The molecule has 20 heavy (non-hydrogen) atoms. The Balaban J connectivity index is 0.000000182. The minimum atomic E-state index is -0.359. The minimum absolute atomic E-state index is 0.359. The summed E-state index contributed by atoms with van der Waals surface area (Å²) < 4.78 is 4.43. The summed E-state index contributed by atoms with van der Waals surface area (Å²) in [5, 5.41) is 2.61. The molecule has 3 nitrogen and oxygen atoms in total. The Kier molecular flexibility index (Phi) is 4.56. The number of para-hydroxylation sites is 2. The zero-order chi connectivity index (χ0) is 14.4. The summed E-state index contributed by atoms with van der Waals surface area (Å²) in [6.45, 7) is 5.38. The molecule has 0 spiro atoms. The van der Waals surface area contributed by atoms with Crippen molar-refractivity contribution >= 4 is 27.8 Å². The summed E-state index contributed by atoms with van der Waals surface area (Å²) in [6, 6.07) is 16.8. The maximum Gasteiger partial charge on any atom is 0.330 e. The number of hydrogen-bond donors (Lipinski definition) is 1.